The lowest BCUT2D eigenvalue weighted by atomic mass is 9.71. The van der Waals surface area contributed by atoms with Crippen LogP contribution >= 0.6 is 0 Å². The third-order valence-corrected chi connectivity index (χ3v) is 12.9. The topological polar surface area (TPSA) is 134 Å². The van der Waals surface area contributed by atoms with Gasteiger partial charge in [0.05, 0.1) is 23.6 Å². The highest BCUT2D eigenvalue weighted by molar-refractivity contribution is 6.01. The van der Waals surface area contributed by atoms with E-state index >= 15 is 4.39 Å². The number of halogens is 1. The number of rotatable bonds is 10. The molecule has 8 rings (SSSR count). The minimum atomic E-state index is -0.922. The molecule has 2 N–H and O–H groups in total. The standard InChI is InChI=1S/C41H51FN6O6/c1-6-25-9-7-10-26-17-29(54-24-52-5)18-30(32(25)26)34-33(42)35-31(19-43-34)36(46-20-27-12-15-41(22-46,39(2,3)4)48(27)38(50)51)45-37(44-35)53-21-28-11-14-40(23-49)13-8-16-47(28)40/h7,9-10,17-19,27-28,49H,6,8,11-16,20-24H2,1-5H3,(H,50,51)/t27?,28-,40-,41?/m0/s1. The number of hydrogen-bond donors (Lipinski definition) is 2. The molecule has 54 heavy (non-hydrogen) atoms. The third-order valence-electron chi connectivity index (χ3n) is 12.9. The highest BCUT2D eigenvalue weighted by Crippen LogP contribution is 2.51. The second-order valence-corrected chi connectivity index (χ2v) is 16.6. The predicted molar refractivity (Wildman–Crippen MR) is 204 cm³/mol. The predicted octanol–water partition coefficient (Wildman–Crippen LogP) is 6.64. The van der Waals surface area contributed by atoms with E-state index in [0.717, 1.165) is 61.4 Å². The first-order valence-corrected chi connectivity index (χ1v) is 19.3. The van der Waals surface area contributed by atoms with Crippen molar-refractivity contribution in [2.24, 2.45) is 5.41 Å². The Morgan fingerprint density at radius 2 is 1.94 bits per heavy atom. The van der Waals surface area contributed by atoms with Crippen LogP contribution in [0.15, 0.2) is 36.5 Å². The maximum Gasteiger partial charge on any atom is 0.408 e. The Labute approximate surface area is 315 Å². The number of aliphatic hydroxyl groups excluding tert-OH is 1. The molecule has 4 saturated heterocycles. The maximum atomic E-state index is 17.4. The maximum absolute atomic E-state index is 17.4. The number of aromatic nitrogens is 3. The fraction of sp³-hybridized carbons (Fsp3) is 0.561. The molecule has 12 nitrogen and oxygen atoms in total. The molecule has 13 heteroatoms. The molecule has 4 aromatic rings. The zero-order valence-electron chi connectivity index (χ0n) is 31.9. The van der Waals surface area contributed by atoms with Gasteiger partial charge in [-0.05, 0) is 85.4 Å². The number of nitrogens with zero attached hydrogens (tertiary/aromatic N) is 6. The van der Waals surface area contributed by atoms with Gasteiger partial charge in [0.25, 0.3) is 0 Å². The van der Waals surface area contributed by atoms with E-state index in [1.165, 1.54) is 0 Å². The molecule has 2 aromatic carbocycles. The molecule has 4 fully saturated rings. The summed E-state index contributed by atoms with van der Waals surface area (Å²) in [4.78, 5) is 33.3. The van der Waals surface area contributed by atoms with Gasteiger partial charge in [0.15, 0.2) is 12.6 Å². The molecule has 1 amide bonds. The summed E-state index contributed by atoms with van der Waals surface area (Å²) >= 11 is 0. The molecule has 4 atom stereocenters. The number of carbonyl (C=O) groups is 1. The molecule has 0 radical (unpaired) electrons. The number of aryl methyl sites for hydroxylation is 1. The van der Waals surface area contributed by atoms with Crippen LogP contribution in [0.25, 0.3) is 32.9 Å². The first kappa shape index (κ1) is 36.6. The van der Waals surface area contributed by atoms with Crippen molar-refractivity contribution < 1.29 is 33.6 Å². The van der Waals surface area contributed by atoms with E-state index in [0.29, 0.717) is 48.6 Å². The number of hydrogen-bond acceptors (Lipinski definition) is 10. The number of benzene rings is 2. The average molecular weight is 743 g/mol. The monoisotopic (exact) mass is 742 g/mol. The molecule has 2 unspecified atom stereocenters. The molecule has 6 heterocycles. The van der Waals surface area contributed by atoms with Crippen molar-refractivity contribution in [3.8, 4) is 23.0 Å². The van der Waals surface area contributed by atoms with Crippen LogP contribution in [0.3, 0.4) is 0 Å². The fourth-order valence-corrected chi connectivity index (χ4v) is 10.1. The van der Waals surface area contributed by atoms with Gasteiger partial charge in [-0.25, -0.2) is 9.18 Å². The van der Waals surface area contributed by atoms with E-state index in [9.17, 15) is 15.0 Å². The zero-order chi connectivity index (χ0) is 38.0. The summed E-state index contributed by atoms with van der Waals surface area (Å²) in [5.74, 6) is 0.402. The summed E-state index contributed by atoms with van der Waals surface area (Å²) in [5, 5.41) is 22.9. The van der Waals surface area contributed by atoms with Crippen molar-refractivity contribution in [1.82, 2.24) is 24.8 Å². The van der Waals surface area contributed by atoms with E-state index in [4.69, 9.17) is 29.2 Å². The SMILES string of the molecule is CCc1cccc2cc(OCOC)cc(-c3ncc4c(N5CC6CCC(C(C)(C)C)(C5)N6C(=O)O)nc(OC[C@@H]5CC[C@]6(CO)CCCN56)nc4c3F)c12. The van der Waals surface area contributed by atoms with Crippen LogP contribution in [0.1, 0.15) is 71.8 Å². The Morgan fingerprint density at radius 1 is 1.11 bits per heavy atom. The Bertz CT molecular complexity index is 2090. The summed E-state index contributed by atoms with van der Waals surface area (Å²) in [5.41, 5.74) is 0.571. The highest BCUT2D eigenvalue weighted by atomic mass is 19.1. The van der Waals surface area contributed by atoms with Gasteiger partial charge in [-0.2, -0.15) is 9.97 Å². The van der Waals surface area contributed by atoms with Crippen LogP contribution in [0.2, 0.25) is 0 Å². The lowest BCUT2D eigenvalue weighted by molar-refractivity contribution is 0.00527. The summed E-state index contributed by atoms with van der Waals surface area (Å²) < 4.78 is 34.9. The summed E-state index contributed by atoms with van der Waals surface area (Å²) in [7, 11) is 1.55. The third kappa shape index (κ3) is 5.81. The number of anilines is 1. The van der Waals surface area contributed by atoms with Crippen molar-refractivity contribution in [3.63, 3.8) is 0 Å². The molecular weight excluding hydrogens is 691 g/mol. The number of ether oxygens (including phenoxy) is 3. The molecule has 2 bridgehead atoms. The van der Waals surface area contributed by atoms with Gasteiger partial charge in [0.1, 0.15) is 29.4 Å². The second kappa shape index (κ2) is 13.8. The van der Waals surface area contributed by atoms with Crippen molar-refractivity contribution >= 4 is 33.6 Å². The van der Waals surface area contributed by atoms with Gasteiger partial charge in [-0.3, -0.25) is 14.8 Å². The van der Waals surface area contributed by atoms with Crippen molar-refractivity contribution in [2.45, 2.75) is 95.8 Å². The first-order valence-electron chi connectivity index (χ1n) is 19.3. The number of pyridine rings is 1. The number of fused-ring (bicyclic) bond motifs is 5. The number of carboxylic acid groups (broad SMARTS) is 1. The van der Waals surface area contributed by atoms with Gasteiger partial charge in [-0.1, -0.05) is 45.9 Å². The molecule has 288 valence electrons. The van der Waals surface area contributed by atoms with E-state index < -0.39 is 17.4 Å². The van der Waals surface area contributed by atoms with Crippen LogP contribution in [0.4, 0.5) is 15.0 Å². The van der Waals surface area contributed by atoms with Crippen LogP contribution in [0, 0.1) is 11.2 Å². The average Bonchev–Trinajstić information content (AvgIpc) is 3.81. The first-order chi connectivity index (χ1) is 25.9. The molecule has 0 spiro atoms. The quantitative estimate of drug-likeness (QED) is 0.169. The van der Waals surface area contributed by atoms with Gasteiger partial charge < -0.3 is 29.3 Å². The van der Waals surface area contributed by atoms with Crippen LogP contribution in [-0.4, -0.2) is 111 Å². The minimum Gasteiger partial charge on any atom is -0.468 e. The molecule has 0 saturated carbocycles. The number of piperazine rings is 1. The van der Waals surface area contributed by atoms with Gasteiger partial charge in [0, 0.05) is 43.5 Å². The van der Waals surface area contributed by atoms with Gasteiger partial charge in [-0.15, -0.1) is 0 Å². The van der Waals surface area contributed by atoms with Crippen LogP contribution < -0.4 is 14.4 Å². The van der Waals surface area contributed by atoms with Crippen molar-refractivity contribution in [3.05, 3.63) is 47.9 Å². The summed E-state index contributed by atoms with van der Waals surface area (Å²) in [6, 6.07) is 9.61. The number of amides is 1. The normalized spacial score (nSPS) is 25.5. The lowest BCUT2D eigenvalue weighted by Crippen LogP contribution is -2.68. The van der Waals surface area contributed by atoms with E-state index in [1.54, 1.807) is 24.3 Å². The molecule has 2 aromatic heterocycles. The Hall–Kier alpha value is -4.33. The summed E-state index contributed by atoms with van der Waals surface area (Å²) in [6.45, 7) is 10.5. The molecule has 0 aliphatic carbocycles. The fourth-order valence-electron chi connectivity index (χ4n) is 10.1. The van der Waals surface area contributed by atoms with Gasteiger partial charge >= 0.3 is 12.1 Å². The Balaban J connectivity index is 1.26. The minimum absolute atomic E-state index is 0.0351. The molecule has 4 aliphatic heterocycles. The summed E-state index contributed by atoms with van der Waals surface area (Å²) in [6.07, 6.45) is 6.66. The van der Waals surface area contributed by atoms with E-state index in [2.05, 4.69) is 37.5 Å². The lowest BCUT2D eigenvalue weighted by Gasteiger charge is -2.54. The number of aliphatic hydroxyl groups is 1. The van der Waals surface area contributed by atoms with E-state index in [-0.39, 0.29) is 53.7 Å². The smallest absolute Gasteiger partial charge is 0.408 e. The van der Waals surface area contributed by atoms with Crippen LogP contribution in [0.5, 0.6) is 11.8 Å². The van der Waals surface area contributed by atoms with Crippen molar-refractivity contribution in [1.29, 1.82) is 0 Å². The van der Waals surface area contributed by atoms with Crippen molar-refractivity contribution in [2.75, 3.05) is 51.7 Å². The zero-order valence-corrected chi connectivity index (χ0v) is 31.9. The van der Waals surface area contributed by atoms with E-state index in [1.807, 2.05) is 24.3 Å². The van der Waals surface area contributed by atoms with Crippen LogP contribution in [-0.2, 0) is 11.2 Å². The second-order valence-electron chi connectivity index (χ2n) is 16.6. The van der Waals surface area contributed by atoms with Gasteiger partial charge in [0.2, 0.25) is 0 Å². The Kier molecular flexibility index (Phi) is 9.33. The molecular formula is C41H51FN6O6. The molecule has 4 aliphatic rings. The largest absolute Gasteiger partial charge is 0.468 e. The highest BCUT2D eigenvalue weighted by Gasteiger charge is 2.59. The Morgan fingerprint density at radius 3 is 2.69 bits per heavy atom. The number of methoxy groups -OCH3 is 1.